The van der Waals surface area contributed by atoms with Gasteiger partial charge in [-0.15, -0.1) is 0 Å². The summed E-state index contributed by atoms with van der Waals surface area (Å²) in [6, 6.07) is 18.7. The molecule has 3 aromatic carbocycles. The maximum atomic E-state index is 13.1. The summed E-state index contributed by atoms with van der Waals surface area (Å²) >= 11 is 0. The van der Waals surface area contributed by atoms with Crippen LogP contribution >= 0.6 is 0 Å². The average molecular weight is 342 g/mol. The first-order valence-corrected chi connectivity index (χ1v) is 9.38. The van der Waals surface area contributed by atoms with Crippen LogP contribution in [0.3, 0.4) is 0 Å². The van der Waals surface area contributed by atoms with Crippen LogP contribution in [-0.4, -0.2) is 5.78 Å². The monoisotopic (exact) mass is 342 g/mol. The van der Waals surface area contributed by atoms with Crippen molar-refractivity contribution in [3.8, 4) is 0 Å². The number of carbonyl (C=O) groups is 1. The Hall–Kier alpha value is -2.41. The van der Waals surface area contributed by atoms with Crippen molar-refractivity contribution in [3.05, 3.63) is 82.4 Å². The second kappa shape index (κ2) is 5.54. The molecule has 3 aromatic rings. The molecule has 26 heavy (non-hydrogen) atoms. The molecule has 0 atom stereocenters. The Morgan fingerprint density at radius 3 is 2.08 bits per heavy atom. The minimum Gasteiger partial charge on any atom is -0.289 e. The minimum atomic E-state index is 0.107. The SMILES string of the molecule is Cc1ccc2cc(C(=O)c3ccc4c(c3)C(C)(C)CC4(C)C)ccc2c1. The van der Waals surface area contributed by atoms with Gasteiger partial charge in [-0.1, -0.05) is 75.7 Å². The highest BCUT2D eigenvalue weighted by Crippen LogP contribution is 2.49. The van der Waals surface area contributed by atoms with E-state index in [1.807, 2.05) is 18.2 Å². The molecule has 0 heterocycles. The van der Waals surface area contributed by atoms with E-state index in [0.717, 1.165) is 22.9 Å². The quantitative estimate of drug-likeness (QED) is 0.497. The number of hydrogen-bond acceptors (Lipinski definition) is 1. The Labute approximate surface area is 156 Å². The summed E-state index contributed by atoms with van der Waals surface area (Å²) in [4.78, 5) is 13.1. The third-order valence-electron chi connectivity index (χ3n) is 5.88. The van der Waals surface area contributed by atoms with Gasteiger partial charge in [0.05, 0.1) is 0 Å². The van der Waals surface area contributed by atoms with Crippen molar-refractivity contribution >= 4 is 16.6 Å². The fourth-order valence-corrected chi connectivity index (χ4v) is 4.80. The first-order chi connectivity index (χ1) is 12.2. The maximum absolute atomic E-state index is 13.1. The number of hydrogen-bond donors (Lipinski definition) is 0. The summed E-state index contributed by atoms with van der Waals surface area (Å²) in [5.41, 5.74) is 5.77. The lowest BCUT2D eigenvalue weighted by Crippen LogP contribution is -2.18. The molecule has 0 aliphatic heterocycles. The normalized spacial score (nSPS) is 17.3. The predicted molar refractivity (Wildman–Crippen MR) is 109 cm³/mol. The molecule has 0 radical (unpaired) electrons. The van der Waals surface area contributed by atoms with E-state index < -0.39 is 0 Å². The van der Waals surface area contributed by atoms with Crippen LogP contribution in [0.25, 0.3) is 10.8 Å². The van der Waals surface area contributed by atoms with E-state index in [1.165, 1.54) is 22.1 Å². The zero-order valence-corrected chi connectivity index (χ0v) is 16.3. The molecule has 1 heteroatoms. The molecule has 1 aliphatic rings. The lowest BCUT2D eigenvalue weighted by molar-refractivity contribution is 0.103. The highest BCUT2D eigenvalue weighted by atomic mass is 16.1. The molecule has 0 N–H and O–H groups in total. The predicted octanol–water partition coefficient (Wildman–Crippen LogP) is 6.34. The van der Waals surface area contributed by atoms with Crippen molar-refractivity contribution in [2.75, 3.05) is 0 Å². The Morgan fingerprint density at radius 1 is 0.731 bits per heavy atom. The molecule has 0 saturated carbocycles. The Balaban J connectivity index is 1.77. The van der Waals surface area contributed by atoms with E-state index in [1.54, 1.807) is 0 Å². The first kappa shape index (κ1) is 17.0. The van der Waals surface area contributed by atoms with Gasteiger partial charge in [-0.05, 0) is 58.2 Å². The molecule has 0 bridgehead atoms. The lowest BCUT2D eigenvalue weighted by atomic mass is 9.82. The van der Waals surface area contributed by atoms with Crippen LogP contribution in [0.4, 0.5) is 0 Å². The molecule has 0 amide bonds. The second-order valence-electron chi connectivity index (χ2n) is 9.10. The van der Waals surface area contributed by atoms with Gasteiger partial charge in [0.25, 0.3) is 0 Å². The van der Waals surface area contributed by atoms with Crippen LogP contribution < -0.4 is 0 Å². The van der Waals surface area contributed by atoms with Gasteiger partial charge in [-0.2, -0.15) is 0 Å². The van der Waals surface area contributed by atoms with Crippen molar-refractivity contribution in [1.29, 1.82) is 0 Å². The summed E-state index contributed by atoms with van der Waals surface area (Å²) in [7, 11) is 0. The maximum Gasteiger partial charge on any atom is 0.193 e. The molecule has 0 unspecified atom stereocenters. The molecule has 0 fully saturated rings. The second-order valence-corrected chi connectivity index (χ2v) is 9.10. The molecule has 0 aromatic heterocycles. The molecule has 0 saturated heterocycles. The summed E-state index contributed by atoms with van der Waals surface area (Å²) < 4.78 is 0. The summed E-state index contributed by atoms with van der Waals surface area (Å²) in [5, 5.41) is 2.29. The van der Waals surface area contributed by atoms with Crippen molar-refractivity contribution in [2.24, 2.45) is 0 Å². The van der Waals surface area contributed by atoms with Gasteiger partial charge in [-0.3, -0.25) is 4.79 Å². The largest absolute Gasteiger partial charge is 0.289 e. The molecular formula is C25H26O. The van der Waals surface area contributed by atoms with Gasteiger partial charge in [-0.25, -0.2) is 0 Å². The highest BCUT2D eigenvalue weighted by molar-refractivity contribution is 6.10. The zero-order valence-electron chi connectivity index (χ0n) is 16.3. The Morgan fingerprint density at radius 2 is 1.31 bits per heavy atom. The number of rotatable bonds is 2. The highest BCUT2D eigenvalue weighted by Gasteiger charge is 2.41. The van der Waals surface area contributed by atoms with Crippen molar-refractivity contribution < 1.29 is 4.79 Å². The lowest BCUT2D eigenvalue weighted by Gasteiger charge is -2.22. The summed E-state index contributed by atoms with van der Waals surface area (Å²) in [6.07, 6.45) is 1.11. The Bertz CT molecular complexity index is 1040. The minimum absolute atomic E-state index is 0.107. The average Bonchev–Trinajstić information content (AvgIpc) is 2.77. The van der Waals surface area contributed by atoms with E-state index in [4.69, 9.17) is 0 Å². The van der Waals surface area contributed by atoms with E-state index in [2.05, 4.69) is 71.0 Å². The first-order valence-electron chi connectivity index (χ1n) is 9.38. The van der Waals surface area contributed by atoms with E-state index in [-0.39, 0.29) is 16.6 Å². The van der Waals surface area contributed by atoms with Gasteiger partial charge in [0.2, 0.25) is 0 Å². The zero-order chi connectivity index (χ0) is 18.7. The van der Waals surface area contributed by atoms with Gasteiger partial charge < -0.3 is 0 Å². The number of ketones is 1. The van der Waals surface area contributed by atoms with Gasteiger partial charge in [0.1, 0.15) is 0 Å². The van der Waals surface area contributed by atoms with E-state index >= 15 is 0 Å². The summed E-state index contributed by atoms with van der Waals surface area (Å²) in [5.74, 6) is 0.107. The van der Waals surface area contributed by atoms with Crippen LogP contribution in [0.2, 0.25) is 0 Å². The third kappa shape index (κ3) is 2.67. The van der Waals surface area contributed by atoms with Gasteiger partial charge in [0, 0.05) is 11.1 Å². The number of benzene rings is 3. The molecule has 1 aliphatic carbocycles. The fraction of sp³-hybridized carbons (Fsp3) is 0.320. The van der Waals surface area contributed by atoms with Crippen molar-refractivity contribution in [1.82, 2.24) is 0 Å². The van der Waals surface area contributed by atoms with E-state index in [9.17, 15) is 4.79 Å². The standard InChI is InChI=1S/C25H26O/c1-16-6-7-18-13-19(9-8-17(18)12-16)23(26)20-10-11-21-22(14-20)25(4,5)15-24(21,2)3/h6-14H,15H2,1-5H3. The van der Waals surface area contributed by atoms with Crippen LogP contribution in [0, 0.1) is 6.92 Å². The third-order valence-corrected chi connectivity index (χ3v) is 5.88. The van der Waals surface area contributed by atoms with Crippen molar-refractivity contribution in [2.45, 2.75) is 51.9 Å². The van der Waals surface area contributed by atoms with E-state index in [0.29, 0.717) is 0 Å². The van der Waals surface area contributed by atoms with Crippen molar-refractivity contribution in [3.63, 3.8) is 0 Å². The van der Waals surface area contributed by atoms with Gasteiger partial charge in [0.15, 0.2) is 5.78 Å². The Kier molecular flexibility index (Phi) is 3.63. The fourth-order valence-electron chi connectivity index (χ4n) is 4.80. The topological polar surface area (TPSA) is 17.1 Å². The molecule has 132 valence electrons. The van der Waals surface area contributed by atoms with Crippen LogP contribution in [0.15, 0.2) is 54.6 Å². The molecular weight excluding hydrogens is 316 g/mol. The number of aryl methyl sites for hydroxylation is 1. The molecule has 0 spiro atoms. The molecule has 1 nitrogen and oxygen atoms in total. The summed E-state index contributed by atoms with van der Waals surface area (Å²) in [6.45, 7) is 11.3. The van der Waals surface area contributed by atoms with Crippen LogP contribution in [-0.2, 0) is 10.8 Å². The number of carbonyl (C=O) groups excluding carboxylic acids is 1. The number of fused-ring (bicyclic) bond motifs is 2. The smallest absolute Gasteiger partial charge is 0.193 e. The molecule has 4 rings (SSSR count). The van der Waals surface area contributed by atoms with Gasteiger partial charge >= 0.3 is 0 Å². The van der Waals surface area contributed by atoms with Crippen LogP contribution in [0.1, 0.15) is 66.7 Å². The van der Waals surface area contributed by atoms with Crippen LogP contribution in [0.5, 0.6) is 0 Å².